The molecule has 0 aliphatic heterocycles. The van der Waals surface area contributed by atoms with Crippen molar-refractivity contribution >= 4 is 37.7 Å². The minimum absolute atomic E-state index is 1.02. The molecule has 1 heterocycles. The van der Waals surface area contributed by atoms with Crippen molar-refractivity contribution in [2.75, 3.05) is 0 Å². The maximum absolute atomic E-state index is 3.91. The summed E-state index contributed by atoms with van der Waals surface area (Å²) in [6.07, 6.45) is 2.05. The van der Waals surface area contributed by atoms with Crippen LogP contribution in [0.3, 0.4) is 0 Å². The van der Waals surface area contributed by atoms with E-state index in [1.807, 2.05) is 0 Å². The van der Waals surface area contributed by atoms with Crippen LogP contribution in [0.25, 0.3) is 55.2 Å². The van der Waals surface area contributed by atoms with Gasteiger partial charge in [-0.05, 0) is 70.3 Å². The molecule has 1 aromatic heterocycles. The van der Waals surface area contributed by atoms with Gasteiger partial charge in [-0.2, -0.15) is 0 Å². The van der Waals surface area contributed by atoms with Gasteiger partial charge in [-0.25, -0.2) is 0 Å². The summed E-state index contributed by atoms with van der Waals surface area (Å²) in [5, 5.41) is 2.64. The number of para-hydroxylation sites is 1. The van der Waals surface area contributed by atoms with E-state index in [-0.39, 0.29) is 0 Å². The van der Waals surface area contributed by atoms with Gasteiger partial charge in [0.2, 0.25) is 0 Å². The molecule has 6 aromatic rings. The van der Waals surface area contributed by atoms with Crippen molar-refractivity contribution < 1.29 is 0 Å². The van der Waals surface area contributed by atoms with Crippen LogP contribution in [0, 0.1) is 6.92 Å². The average Bonchev–Trinajstić information content (AvgIpc) is 3.29. The molecule has 1 nitrogen and oxygen atoms in total. The van der Waals surface area contributed by atoms with Gasteiger partial charge in [-0.1, -0.05) is 107 Å². The van der Waals surface area contributed by atoms with Crippen LogP contribution < -0.4 is 0 Å². The third kappa shape index (κ3) is 3.06. The van der Waals surface area contributed by atoms with E-state index < -0.39 is 0 Å². The number of aromatic amines is 1. The fourth-order valence-electron chi connectivity index (χ4n) is 6.02. The van der Waals surface area contributed by atoms with E-state index in [0.29, 0.717) is 0 Å². The summed E-state index contributed by atoms with van der Waals surface area (Å²) in [5.41, 5.74) is 14.5. The number of hydrogen-bond acceptors (Lipinski definition) is 0. The van der Waals surface area contributed by atoms with Gasteiger partial charge in [-0.15, -0.1) is 0 Å². The van der Waals surface area contributed by atoms with Crippen LogP contribution >= 0.6 is 15.9 Å². The molecule has 0 unspecified atom stereocenters. The number of H-pyrrole nitrogens is 1. The van der Waals surface area contributed by atoms with E-state index in [2.05, 4.69) is 125 Å². The molecular formula is C33H24BrN. The minimum Gasteiger partial charge on any atom is -0.354 e. The number of benzene rings is 5. The number of nitrogens with one attached hydrogen (secondary N) is 1. The van der Waals surface area contributed by atoms with Gasteiger partial charge in [0.1, 0.15) is 0 Å². The predicted molar refractivity (Wildman–Crippen MR) is 152 cm³/mol. The Kier molecular flexibility index (Phi) is 4.72. The molecule has 1 N–H and O–H groups in total. The summed E-state index contributed by atoms with van der Waals surface area (Å²) in [5.74, 6) is 0. The lowest BCUT2D eigenvalue weighted by molar-refractivity contribution is 0.940. The molecule has 2 heteroatoms. The summed E-state index contributed by atoms with van der Waals surface area (Å²) >= 11 is 3.86. The van der Waals surface area contributed by atoms with Gasteiger partial charge >= 0.3 is 0 Å². The van der Waals surface area contributed by atoms with Crippen LogP contribution in [0.4, 0.5) is 0 Å². The Hall–Kier alpha value is -3.62. The number of hydrogen-bond donors (Lipinski definition) is 1. The van der Waals surface area contributed by atoms with Crippen LogP contribution in [-0.2, 0) is 12.8 Å². The number of aromatic nitrogens is 1. The van der Waals surface area contributed by atoms with E-state index in [1.54, 1.807) is 0 Å². The van der Waals surface area contributed by atoms with Gasteiger partial charge in [0, 0.05) is 26.3 Å². The van der Waals surface area contributed by atoms with Crippen molar-refractivity contribution in [2.45, 2.75) is 19.8 Å². The lowest BCUT2D eigenvalue weighted by Crippen LogP contribution is -2.09. The molecular weight excluding hydrogens is 490 g/mol. The average molecular weight is 514 g/mol. The van der Waals surface area contributed by atoms with E-state index in [1.165, 1.54) is 76.3 Å². The molecule has 0 atom stereocenters. The highest BCUT2D eigenvalue weighted by Gasteiger charge is 2.29. The molecule has 1 aliphatic rings. The van der Waals surface area contributed by atoms with Gasteiger partial charge in [0.05, 0.1) is 5.52 Å². The van der Waals surface area contributed by atoms with Crippen LogP contribution in [0.15, 0.2) is 102 Å². The van der Waals surface area contributed by atoms with E-state index in [9.17, 15) is 0 Å². The predicted octanol–water partition coefficient (Wildman–Crippen LogP) is 9.49. The molecule has 7 rings (SSSR count). The number of fused-ring (bicyclic) bond motifs is 6. The van der Waals surface area contributed by atoms with Crippen molar-refractivity contribution in [3.05, 3.63) is 118 Å². The van der Waals surface area contributed by atoms with Gasteiger partial charge in [0.15, 0.2) is 0 Å². The highest BCUT2D eigenvalue weighted by molar-refractivity contribution is 9.10. The molecule has 0 spiro atoms. The maximum Gasteiger partial charge on any atom is 0.0557 e. The lowest BCUT2D eigenvalue weighted by Gasteiger charge is -2.28. The Balaban J connectivity index is 1.77. The fourth-order valence-corrected chi connectivity index (χ4v) is 6.59. The summed E-state index contributed by atoms with van der Waals surface area (Å²) in [4.78, 5) is 3.91. The Bertz CT molecular complexity index is 1740. The fraction of sp³-hybridized carbons (Fsp3) is 0.0909. The largest absolute Gasteiger partial charge is 0.354 e. The number of halogens is 1. The molecule has 1 aliphatic carbocycles. The zero-order valence-corrected chi connectivity index (χ0v) is 21.1. The van der Waals surface area contributed by atoms with E-state index in [0.717, 1.165) is 12.8 Å². The number of rotatable bonds is 2. The van der Waals surface area contributed by atoms with Crippen LogP contribution in [0.5, 0.6) is 0 Å². The molecule has 0 radical (unpaired) electrons. The smallest absolute Gasteiger partial charge is 0.0557 e. The molecule has 0 fully saturated rings. The second-order valence-electron chi connectivity index (χ2n) is 9.47. The third-order valence-electron chi connectivity index (χ3n) is 7.53. The second-order valence-corrected chi connectivity index (χ2v) is 10.3. The van der Waals surface area contributed by atoms with Crippen molar-refractivity contribution in [3.8, 4) is 33.4 Å². The maximum atomic E-state index is 3.91. The molecule has 0 saturated heterocycles. The van der Waals surface area contributed by atoms with Gasteiger partial charge < -0.3 is 4.98 Å². The topological polar surface area (TPSA) is 15.8 Å². The quantitative estimate of drug-likeness (QED) is 0.237. The molecule has 0 bridgehead atoms. The minimum atomic E-state index is 1.02. The molecule has 5 aromatic carbocycles. The van der Waals surface area contributed by atoms with Crippen LogP contribution in [-0.4, -0.2) is 4.98 Å². The summed E-state index contributed by atoms with van der Waals surface area (Å²) in [6, 6.07) is 35.2. The van der Waals surface area contributed by atoms with Crippen molar-refractivity contribution in [2.24, 2.45) is 0 Å². The zero-order valence-electron chi connectivity index (χ0n) is 19.5. The SMILES string of the molecule is Cc1cccc2c1[nH]c1c(-c3ccccc3)c3c(c(-c4ccccc4)c12)CCc1c(Br)cccc1-3. The number of aryl methyl sites for hydroxylation is 1. The first-order valence-corrected chi connectivity index (χ1v) is 13.0. The Morgan fingerprint density at radius 3 is 2.00 bits per heavy atom. The first-order chi connectivity index (χ1) is 17.2. The van der Waals surface area contributed by atoms with Crippen molar-refractivity contribution in [1.82, 2.24) is 4.98 Å². The van der Waals surface area contributed by atoms with Crippen LogP contribution in [0.1, 0.15) is 16.7 Å². The molecule has 35 heavy (non-hydrogen) atoms. The summed E-state index contributed by atoms with van der Waals surface area (Å²) in [6.45, 7) is 2.20. The Morgan fingerprint density at radius 2 is 1.26 bits per heavy atom. The van der Waals surface area contributed by atoms with Crippen molar-refractivity contribution in [3.63, 3.8) is 0 Å². The zero-order chi connectivity index (χ0) is 23.5. The molecule has 0 amide bonds. The van der Waals surface area contributed by atoms with E-state index >= 15 is 0 Å². The first-order valence-electron chi connectivity index (χ1n) is 12.2. The monoisotopic (exact) mass is 513 g/mol. The molecule has 168 valence electrons. The highest BCUT2D eigenvalue weighted by atomic mass is 79.9. The second kappa shape index (κ2) is 7.96. The third-order valence-corrected chi connectivity index (χ3v) is 8.28. The Morgan fingerprint density at radius 1 is 0.600 bits per heavy atom. The Labute approximate surface area is 213 Å². The standard InChI is InChI=1S/C33H24BrN/c1-20-10-8-16-26-31-28(21-11-4-2-5-12-21)25-19-18-23-24(15-9-17-27(23)34)30(25)29(33(31)35-32(20)26)22-13-6-3-7-14-22/h2-17,35H,18-19H2,1H3. The van der Waals surface area contributed by atoms with Gasteiger partial charge in [-0.3, -0.25) is 0 Å². The van der Waals surface area contributed by atoms with Crippen molar-refractivity contribution in [1.29, 1.82) is 0 Å². The van der Waals surface area contributed by atoms with Gasteiger partial charge in [0.25, 0.3) is 0 Å². The first kappa shape index (κ1) is 20.7. The highest BCUT2D eigenvalue weighted by Crippen LogP contribution is 2.52. The normalized spacial score (nSPS) is 12.6. The van der Waals surface area contributed by atoms with Crippen LogP contribution in [0.2, 0.25) is 0 Å². The summed E-state index contributed by atoms with van der Waals surface area (Å²) < 4.78 is 1.20. The lowest BCUT2D eigenvalue weighted by atomic mass is 9.76. The summed E-state index contributed by atoms with van der Waals surface area (Å²) in [7, 11) is 0. The van der Waals surface area contributed by atoms with E-state index in [4.69, 9.17) is 0 Å². The molecule has 0 saturated carbocycles.